The lowest BCUT2D eigenvalue weighted by molar-refractivity contribution is 0.463. The molecule has 0 aliphatic heterocycles. The van der Waals surface area contributed by atoms with Gasteiger partial charge in [-0.15, -0.1) is 6.42 Å². The number of benzene rings is 1. The Morgan fingerprint density at radius 3 is 2.65 bits per heavy atom. The number of nitrogens with two attached hydrogens (primary N) is 1. The van der Waals surface area contributed by atoms with Gasteiger partial charge >= 0.3 is 0 Å². The van der Waals surface area contributed by atoms with Crippen LogP contribution in [0.2, 0.25) is 0 Å². The number of nitrogens with zero attached hydrogens (tertiary/aromatic N) is 1. The molecule has 4 nitrogen and oxygen atoms in total. The number of sulfonamides is 1. The molecule has 17 heavy (non-hydrogen) atoms. The van der Waals surface area contributed by atoms with E-state index in [1.165, 1.54) is 4.31 Å². The Labute approximate surface area is 102 Å². The quantitative estimate of drug-likeness (QED) is 0.647. The highest BCUT2D eigenvalue weighted by atomic mass is 32.2. The van der Waals surface area contributed by atoms with Gasteiger partial charge in [0.05, 0.1) is 11.4 Å². The summed E-state index contributed by atoms with van der Waals surface area (Å²) in [5, 5.41) is 0. The van der Waals surface area contributed by atoms with E-state index in [1.807, 2.05) is 0 Å². The van der Waals surface area contributed by atoms with Crippen LogP contribution >= 0.6 is 0 Å². The van der Waals surface area contributed by atoms with Crippen LogP contribution in [0.15, 0.2) is 23.1 Å². The fraction of sp³-hybridized carbons (Fsp3) is 0.333. The SMILES string of the molecule is C#CCN(CC)S(=O)(=O)c1cccc(N)c1C. The molecule has 0 aliphatic rings. The molecule has 92 valence electrons. The van der Waals surface area contributed by atoms with E-state index in [4.69, 9.17) is 12.2 Å². The molecular weight excluding hydrogens is 236 g/mol. The van der Waals surface area contributed by atoms with Crippen LogP contribution < -0.4 is 5.73 Å². The Morgan fingerprint density at radius 1 is 1.47 bits per heavy atom. The minimum Gasteiger partial charge on any atom is -0.398 e. The first-order valence-corrected chi connectivity index (χ1v) is 6.67. The van der Waals surface area contributed by atoms with Gasteiger partial charge in [-0.05, 0) is 24.6 Å². The highest BCUT2D eigenvalue weighted by molar-refractivity contribution is 7.89. The van der Waals surface area contributed by atoms with Crippen LogP contribution in [-0.2, 0) is 10.0 Å². The third-order valence-corrected chi connectivity index (χ3v) is 4.63. The Bertz CT molecular complexity index is 544. The average Bonchev–Trinajstić information content (AvgIpc) is 2.29. The standard InChI is InChI=1S/C12H16N2O2S/c1-4-9-14(5-2)17(15,16)12-8-6-7-11(13)10(12)3/h1,6-8H,5,9,13H2,2-3H3. The largest absolute Gasteiger partial charge is 0.398 e. The molecule has 0 saturated carbocycles. The van der Waals surface area contributed by atoms with Crippen molar-refractivity contribution in [1.29, 1.82) is 0 Å². The van der Waals surface area contributed by atoms with Gasteiger partial charge in [-0.25, -0.2) is 8.42 Å². The van der Waals surface area contributed by atoms with Gasteiger partial charge in [-0.2, -0.15) is 4.31 Å². The summed E-state index contributed by atoms with van der Waals surface area (Å²) in [6.07, 6.45) is 5.17. The summed E-state index contributed by atoms with van der Waals surface area (Å²) in [6, 6.07) is 4.84. The molecule has 0 amide bonds. The molecule has 5 heteroatoms. The van der Waals surface area contributed by atoms with E-state index >= 15 is 0 Å². The minimum atomic E-state index is -3.56. The number of hydrogen-bond acceptors (Lipinski definition) is 3. The van der Waals surface area contributed by atoms with Crippen molar-refractivity contribution >= 4 is 15.7 Å². The van der Waals surface area contributed by atoms with Crippen LogP contribution in [0.25, 0.3) is 0 Å². The van der Waals surface area contributed by atoms with Gasteiger partial charge in [0.15, 0.2) is 0 Å². The topological polar surface area (TPSA) is 63.4 Å². The lowest BCUT2D eigenvalue weighted by atomic mass is 10.2. The summed E-state index contributed by atoms with van der Waals surface area (Å²) < 4.78 is 25.8. The van der Waals surface area contributed by atoms with Gasteiger partial charge in [0.1, 0.15) is 0 Å². The smallest absolute Gasteiger partial charge is 0.244 e. The highest BCUT2D eigenvalue weighted by Gasteiger charge is 2.24. The van der Waals surface area contributed by atoms with Crippen LogP contribution in [0.1, 0.15) is 12.5 Å². The molecule has 0 heterocycles. The molecular formula is C12H16N2O2S. The van der Waals surface area contributed by atoms with E-state index in [9.17, 15) is 8.42 Å². The fourth-order valence-electron chi connectivity index (χ4n) is 1.52. The van der Waals surface area contributed by atoms with Crippen LogP contribution in [0.4, 0.5) is 5.69 Å². The summed E-state index contributed by atoms with van der Waals surface area (Å²) in [6.45, 7) is 3.83. The maximum atomic E-state index is 12.3. The van der Waals surface area contributed by atoms with E-state index in [0.29, 0.717) is 17.8 Å². The second-order valence-corrected chi connectivity index (χ2v) is 5.51. The van der Waals surface area contributed by atoms with Crippen molar-refractivity contribution in [3.8, 4) is 12.3 Å². The number of rotatable bonds is 4. The van der Waals surface area contributed by atoms with Crippen LogP contribution in [0.3, 0.4) is 0 Å². The molecule has 0 bridgehead atoms. The molecule has 0 spiro atoms. The van der Waals surface area contributed by atoms with Crippen LogP contribution in [0.5, 0.6) is 0 Å². The molecule has 0 radical (unpaired) electrons. The Hall–Kier alpha value is -1.51. The summed E-state index contributed by atoms with van der Waals surface area (Å²) >= 11 is 0. The molecule has 1 aromatic rings. The van der Waals surface area contributed by atoms with E-state index in [-0.39, 0.29) is 11.4 Å². The molecule has 2 N–H and O–H groups in total. The Kier molecular flexibility index (Phi) is 4.16. The number of anilines is 1. The molecule has 0 unspecified atom stereocenters. The second kappa shape index (κ2) is 5.21. The van der Waals surface area contributed by atoms with E-state index in [0.717, 1.165) is 0 Å². The zero-order valence-electron chi connectivity index (χ0n) is 9.97. The van der Waals surface area contributed by atoms with E-state index in [2.05, 4.69) is 5.92 Å². The number of nitrogen functional groups attached to an aromatic ring is 1. The maximum absolute atomic E-state index is 12.3. The van der Waals surface area contributed by atoms with E-state index in [1.54, 1.807) is 32.0 Å². The lowest BCUT2D eigenvalue weighted by Gasteiger charge is -2.19. The maximum Gasteiger partial charge on any atom is 0.244 e. The third-order valence-electron chi connectivity index (χ3n) is 2.56. The predicted octanol–water partition coefficient (Wildman–Crippen LogP) is 1.22. The van der Waals surface area contributed by atoms with Crippen molar-refractivity contribution < 1.29 is 8.42 Å². The number of terminal acetylenes is 1. The zero-order chi connectivity index (χ0) is 13.1. The van der Waals surface area contributed by atoms with Crippen LogP contribution in [-0.4, -0.2) is 25.8 Å². The molecule has 0 saturated heterocycles. The van der Waals surface area contributed by atoms with Gasteiger partial charge in [0, 0.05) is 12.2 Å². The molecule has 0 fully saturated rings. The second-order valence-electron chi connectivity index (χ2n) is 3.61. The van der Waals surface area contributed by atoms with Gasteiger partial charge in [0.25, 0.3) is 0 Å². The number of hydrogen-bond donors (Lipinski definition) is 1. The van der Waals surface area contributed by atoms with Crippen molar-refractivity contribution in [2.75, 3.05) is 18.8 Å². The van der Waals surface area contributed by atoms with Gasteiger partial charge < -0.3 is 5.73 Å². The first kappa shape index (κ1) is 13.6. The molecule has 1 aromatic carbocycles. The first-order valence-electron chi connectivity index (χ1n) is 5.23. The van der Waals surface area contributed by atoms with Gasteiger partial charge in [-0.1, -0.05) is 18.9 Å². The van der Waals surface area contributed by atoms with E-state index < -0.39 is 10.0 Å². The van der Waals surface area contributed by atoms with Gasteiger partial charge in [-0.3, -0.25) is 0 Å². The van der Waals surface area contributed by atoms with Crippen molar-refractivity contribution in [3.05, 3.63) is 23.8 Å². The van der Waals surface area contributed by atoms with Crippen molar-refractivity contribution in [1.82, 2.24) is 4.31 Å². The molecule has 0 atom stereocenters. The minimum absolute atomic E-state index is 0.0626. The fourth-order valence-corrected chi connectivity index (χ4v) is 3.14. The highest BCUT2D eigenvalue weighted by Crippen LogP contribution is 2.23. The first-order chi connectivity index (χ1) is 7.95. The lowest BCUT2D eigenvalue weighted by Crippen LogP contribution is -2.31. The average molecular weight is 252 g/mol. The predicted molar refractivity (Wildman–Crippen MR) is 68.9 cm³/mol. The summed E-state index contributed by atoms with van der Waals surface area (Å²) in [4.78, 5) is 0.217. The van der Waals surface area contributed by atoms with Crippen molar-refractivity contribution in [2.24, 2.45) is 0 Å². The third kappa shape index (κ3) is 2.60. The van der Waals surface area contributed by atoms with Crippen molar-refractivity contribution in [3.63, 3.8) is 0 Å². The van der Waals surface area contributed by atoms with Gasteiger partial charge in [0.2, 0.25) is 10.0 Å². The summed E-state index contributed by atoms with van der Waals surface area (Å²) in [7, 11) is -3.56. The molecule has 0 aromatic heterocycles. The molecule has 0 aliphatic carbocycles. The zero-order valence-corrected chi connectivity index (χ0v) is 10.8. The van der Waals surface area contributed by atoms with Crippen LogP contribution in [0, 0.1) is 19.3 Å². The Balaban J connectivity index is 3.31. The summed E-state index contributed by atoms with van der Waals surface area (Å²) in [5.41, 5.74) is 6.73. The Morgan fingerprint density at radius 2 is 2.12 bits per heavy atom. The normalized spacial score (nSPS) is 11.4. The summed E-state index contributed by atoms with van der Waals surface area (Å²) in [5.74, 6) is 2.34. The van der Waals surface area contributed by atoms with Crippen molar-refractivity contribution in [2.45, 2.75) is 18.7 Å². The monoisotopic (exact) mass is 252 g/mol. The molecule has 1 rings (SSSR count).